The van der Waals surface area contributed by atoms with Crippen LogP contribution in [0.5, 0.6) is 11.5 Å². The highest BCUT2D eigenvalue weighted by Crippen LogP contribution is 2.47. The predicted octanol–water partition coefficient (Wildman–Crippen LogP) is 5.53. The van der Waals surface area contributed by atoms with Crippen molar-refractivity contribution < 1.29 is 18.7 Å². The Kier molecular flexibility index (Phi) is 7.57. The van der Waals surface area contributed by atoms with E-state index in [0.717, 1.165) is 5.56 Å². The zero-order valence-corrected chi connectivity index (χ0v) is 18.4. The van der Waals surface area contributed by atoms with Crippen LogP contribution in [0.15, 0.2) is 84.9 Å². The Morgan fingerprint density at radius 1 is 0.900 bits per heavy atom. The van der Waals surface area contributed by atoms with Crippen LogP contribution in [0, 0.1) is 0 Å². The molecule has 3 aromatic carbocycles. The number of benzene rings is 3. The third-order valence-corrected chi connectivity index (χ3v) is 6.31. The van der Waals surface area contributed by atoms with Crippen molar-refractivity contribution in [3.63, 3.8) is 0 Å². The summed E-state index contributed by atoms with van der Waals surface area (Å²) in [6.07, 6.45) is 0.429. The Morgan fingerprint density at radius 3 is 1.87 bits per heavy atom. The molecule has 0 bridgehead atoms. The van der Waals surface area contributed by atoms with Crippen LogP contribution < -0.4 is 14.4 Å². The van der Waals surface area contributed by atoms with Gasteiger partial charge >= 0.3 is 7.60 Å². The monoisotopic (exact) mass is 445 g/mol. The summed E-state index contributed by atoms with van der Waals surface area (Å²) in [4.78, 5) is 0. The van der Waals surface area contributed by atoms with E-state index < -0.39 is 13.1 Å². The zero-order valence-electron chi connectivity index (χ0n) is 16.7. The first-order valence-corrected chi connectivity index (χ1v) is 11.7. The minimum atomic E-state index is -3.63. The van der Waals surface area contributed by atoms with Gasteiger partial charge in [0.2, 0.25) is 0 Å². The van der Waals surface area contributed by atoms with Crippen LogP contribution in [0.25, 0.3) is 0 Å². The average molecular weight is 446 g/mol. The molecule has 0 aromatic heterocycles. The number of aliphatic hydroxyl groups excluding tert-OH is 1. The normalized spacial score (nSPS) is 13.4. The minimum Gasteiger partial charge on any atom is -0.415 e. The van der Waals surface area contributed by atoms with Gasteiger partial charge in [-0.2, -0.15) is 0 Å². The van der Waals surface area contributed by atoms with E-state index in [-0.39, 0.29) is 12.9 Å². The van der Waals surface area contributed by atoms with Crippen LogP contribution in [0.2, 0.25) is 5.02 Å². The second-order valence-corrected chi connectivity index (χ2v) is 9.62. The fourth-order valence-corrected chi connectivity index (χ4v) is 4.64. The highest BCUT2D eigenvalue weighted by molar-refractivity contribution is 7.54. The summed E-state index contributed by atoms with van der Waals surface area (Å²) in [6, 6.07) is 25.2. The molecular formula is C23H25ClNO4P. The van der Waals surface area contributed by atoms with E-state index in [1.54, 1.807) is 60.7 Å². The van der Waals surface area contributed by atoms with E-state index in [1.165, 1.54) is 0 Å². The lowest BCUT2D eigenvalue weighted by Gasteiger charge is -2.31. The molecule has 30 heavy (non-hydrogen) atoms. The van der Waals surface area contributed by atoms with Crippen molar-refractivity contribution in [3.05, 3.63) is 95.5 Å². The van der Waals surface area contributed by atoms with E-state index in [9.17, 15) is 9.67 Å². The lowest BCUT2D eigenvalue weighted by molar-refractivity contribution is 0.177. The van der Waals surface area contributed by atoms with Gasteiger partial charge < -0.3 is 14.2 Å². The number of hydrogen-bond donors (Lipinski definition) is 2. The topological polar surface area (TPSA) is 67.8 Å². The maximum absolute atomic E-state index is 13.6. The molecular weight excluding hydrogens is 421 g/mol. The van der Waals surface area contributed by atoms with Crippen molar-refractivity contribution in [2.75, 3.05) is 12.9 Å². The lowest BCUT2D eigenvalue weighted by atomic mass is 9.94. The number of para-hydroxylation sites is 2. The van der Waals surface area contributed by atoms with Gasteiger partial charge in [0.25, 0.3) is 0 Å². The van der Waals surface area contributed by atoms with Gasteiger partial charge in [-0.3, -0.25) is 5.32 Å². The summed E-state index contributed by atoms with van der Waals surface area (Å²) in [5, 5.41) is 13.9. The van der Waals surface area contributed by atoms with Crippen molar-refractivity contribution >= 4 is 19.2 Å². The van der Waals surface area contributed by atoms with Gasteiger partial charge in [-0.25, -0.2) is 4.57 Å². The molecule has 0 saturated carbocycles. The van der Waals surface area contributed by atoms with Crippen LogP contribution in [-0.2, 0) is 11.0 Å². The van der Waals surface area contributed by atoms with E-state index in [2.05, 4.69) is 5.32 Å². The molecule has 0 saturated heterocycles. The Balaban J connectivity index is 1.76. The summed E-state index contributed by atoms with van der Waals surface area (Å²) in [6.45, 7) is 1.70. The average Bonchev–Trinajstić information content (AvgIpc) is 2.75. The maximum Gasteiger partial charge on any atom is 0.444 e. The Morgan fingerprint density at radius 2 is 1.40 bits per heavy atom. The number of hydrogen-bond acceptors (Lipinski definition) is 5. The van der Waals surface area contributed by atoms with E-state index in [1.807, 2.05) is 31.2 Å². The van der Waals surface area contributed by atoms with Crippen LogP contribution in [0.1, 0.15) is 12.5 Å². The number of aliphatic hydroxyl groups is 1. The molecule has 0 spiro atoms. The highest BCUT2D eigenvalue weighted by atomic mass is 35.5. The summed E-state index contributed by atoms with van der Waals surface area (Å²) in [7, 11) is -3.63. The van der Waals surface area contributed by atoms with E-state index in [0.29, 0.717) is 22.9 Å². The van der Waals surface area contributed by atoms with E-state index in [4.69, 9.17) is 20.6 Å². The van der Waals surface area contributed by atoms with Crippen molar-refractivity contribution in [1.82, 2.24) is 5.32 Å². The van der Waals surface area contributed by atoms with Crippen LogP contribution in [-0.4, -0.2) is 23.5 Å². The summed E-state index contributed by atoms with van der Waals surface area (Å²) in [5.41, 5.74) is 0.259. The molecule has 0 fully saturated rings. The quantitative estimate of drug-likeness (QED) is 0.401. The van der Waals surface area contributed by atoms with Gasteiger partial charge in [0, 0.05) is 10.6 Å². The molecule has 1 atom stereocenters. The third kappa shape index (κ3) is 6.61. The molecule has 3 aromatic rings. The fraction of sp³-hybridized carbons (Fsp3) is 0.217. The van der Waals surface area contributed by atoms with Crippen molar-refractivity contribution in [1.29, 1.82) is 0 Å². The van der Waals surface area contributed by atoms with Crippen LogP contribution in [0.3, 0.4) is 0 Å². The lowest BCUT2D eigenvalue weighted by Crippen LogP contribution is -2.48. The smallest absolute Gasteiger partial charge is 0.415 e. The van der Waals surface area contributed by atoms with Gasteiger partial charge in [-0.1, -0.05) is 60.1 Å². The highest BCUT2D eigenvalue weighted by Gasteiger charge is 2.33. The number of rotatable bonds is 10. The van der Waals surface area contributed by atoms with Gasteiger partial charge in [-0.15, -0.1) is 0 Å². The summed E-state index contributed by atoms with van der Waals surface area (Å²) >= 11 is 5.96. The van der Waals surface area contributed by atoms with Crippen LogP contribution >= 0.6 is 19.2 Å². The molecule has 0 amide bonds. The van der Waals surface area contributed by atoms with Crippen molar-refractivity contribution in [2.24, 2.45) is 0 Å². The third-order valence-electron chi connectivity index (χ3n) is 4.53. The molecule has 5 nitrogen and oxygen atoms in total. The number of halogens is 1. The Hall–Kier alpha value is -2.30. The first kappa shape index (κ1) is 22.4. The Labute approximate surface area is 182 Å². The molecule has 7 heteroatoms. The molecule has 1 unspecified atom stereocenters. The van der Waals surface area contributed by atoms with Gasteiger partial charge in [0.1, 0.15) is 17.8 Å². The molecule has 0 aliphatic carbocycles. The van der Waals surface area contributed by atoms with Crippen LogP contribution in [0.4, 0.5) is 0 Å². The molecule has 0 radical (unpaired) electrons. The zero-order chi connectivity index (χ0) is 21.5. The first-order chi connectivity index (χ1) is 14.4. The van der Waals surface area contributed by atoms with Gasteiger partial charge in [-0.05, 0) is 55.3 Å². The number of nitrogens with one attached hydrogen (secondary N) is 1. The van der Waals surface area contributed by atoms with Crippen molar-refractivity contribution in [3.8, 4) is 11.5 Å². The molecule has 3 rings (SSSR count). The maximum atomic E-state index is 13.6. The first-order valence-electron chi connectivity index (χ1n) is 9.58. The summed E-state index contributed by atoms with van der Waals surface area (Å²) in [5.74, 6) is 0.893. The predicted molar refractivity (Wildman–Crippen MR) is 120 cm³/mol. The molecule has 158 valence electrons. The van der Waals surface area contributed by atoms with E-state index >= 15 is 0 Å². The SMILES string of the molecule is CC(CO)(Cc1ccc(Cl)cc1)NCP(=O)(Oc1ccccc1)Oc1ccccc1. The second-order valence-electron chi connectivity index (χ2n) is 7.28. The molecule has 0 heterocycles. The summed E-state index contributed by atoms with van der Waals surface area (Å²) < 4.78 is 25.2. The minimum absolute atomic E-state index is 0.0819. The standard InChI is InChI=1S/C23H25ClNO4P/c1-23(17-26,16-19-12-14-20(24)15-13-19)25-18-30(27,28-21-8-4-2-5-9-21)29-22-10-6-3-7-11-22/h2-15,25-26H,16-18H2,1H3. The Bertz CT molecular complexity index is 924. The van der Waals surface area contributed by atoms with Gasteiger partial charge in [0.15, 0.2) is 0 Å². The molecule has 2 N–H and O–H groups in total. The van der Waals surface area contributed by atoms with Crippen molar-refractivity contribution in [2.45, 2.75) is 18.9 Å². The fourth-order valence-electron chi connectivity index (χ4n) is 2.88. The van der Waals surface area contributed by atoms with Gasteiger partial charge in [0.05, 0.1) is 6.61 Å². The second kappa shape index (κ2) is 10.1. The largest absolute Gasteiger partial charge is 0.444 e. The molecule has 0 aliphatic rings. The molecule has 0 aliphatic heterocycles.